The van der Waals surface area contributed by atoms with E-state index in [9.17, 15) is 22.4 Å². The molecule has 2 aromatic heterocycles. The third-order valence-corrected chi connectivity index (χ3v) is 5.06. The first-order chi connectivity index (χ1) is 15.3. The van der Waals surface area contributed by atoms with Gasteiger partial charge in [0.05, 0.1) is 18.0 Å². The van der Waals surface area contributed by atoms with E-state index in [4.69, 9.17) is 0 Å². The quantitative estimate of drug-likeness (QED) is 0.466. The maximum absolute atomic E-state index is 14.3. The van der Waals surface area contributed by atoms with Gasteiger partial charge in [0.25, 0.3) is 5.91 Å². The third kappa shape index (κ3) is 5.40. The number of aromatic nitrogens is 3. The van der Waals surface area contributed by atoms with Crippen LogP contribution in [0.4, 0.5) is 17.6 Å². The van der Waals surface area contributed by atoms with Crippen LogP contribution in [0.2, 0.25) is 0 Å². The topological polar surface area (TPSA) is 51.0 Å². The Morgan fingerprint density at radius 1 is 1.06 bits per heavy atom. The molecule has 0 saturated heterocycles. The molecule has 0 saturated carbocycles. The van der Waals surface area contributed by atoms with Gasteiger partial charge >= 0.3 is 6.18 Å². The molecule has 0 spiro atoms. The smallest absolute Gasteiger partial charge is 0.340 e. The SMILES string of the molecule is Cc1c(-c2ncc(F)cn2)c(C(=O)N(C)CC(C)(C)C)n(Cc2ccccc2)c1C(F)(F)F. The average Bonchev–Trinajstić information content (AvgIpc) is 2.99. The Labute approximate surface area is 190 Å². The van der Waals surface area contributed by atoms with Gasteiger partial charge in [-0.1, -0.05) is 51.1 Å². The standard InChI is InChI=1S/C24H26F4N4O/c1-15-18(21-29-11-17(25)12-30-21)19(22(33)31(5)14-23(2,3)4)32(20(15)24(26,27)28)13-16-9-7-6-8-10-16/h6-12H,13-14H2,1-5H3. The van der Waals surface area contributed by atoms with Crippen LogP contribution in [0.1, 0.15) is 48.1 Å². The minimum Gasteiger partial charge on any atom is -0.340 e. The van der Waals surface area contributed by atoms with Gasteiger partial charge in [0, 0.05) is 20.1 Å². The molecule has 0 bridgehead atoms. The molecule has 0 atom stereocenters. The minimum atomic E-state index is -4.74. The number of amides is 1. The monoisotopic (exact) mass is 462 g/mol. The predicted octanol–water partition coefficient (Wildman–Crippen LogP) is 5.58. The van der Waals surface area contributed by atoms with Crippen LogP contribution in [0, 0.1) is 18.2 Å². The molecule has 0 aliphatic rings. The van der Waals surface area contributed by atoms with E-state index in [-0.39, 0.29) is 34.6 Å². The number of halogens is 4. The van der Waals surface area contributed by atoms with E-state index in [1.165, 1.54) is 11.8 Å². The van der Waals surface area contributed by atoms with Crippen LogP contribution in [0.25, 0.3) is 11.4 Å². The van der Waals surface area contributed by atoms with Crippen molar-refractivity contribution < 1.29 is 22.4 Å². The zero-order chi connectivity index (χ0) is 24.6. The highest BCUT2D eigenvalue weighted by Crippen LogP contribution is 2.41. The van der Waals surface area contributed by atoms with E-state index in [1.807, 2.05) is 20.8 Å². The summed E-state index contributed by atoms with van der Waals surface area (Å²) >= 11 is 0. The Hall–Kier alpha value is -3.23. The lowest BCUT2D eigenvalue weighted by Crippen LogP contribution is -2.36. The van der Waals surface area contributed by atoms with Crippen LogP contribution in [0.5, 0.6) is 0 Å². The summed E-state index contributed by atoms with van der Waals surface area (Å²) in [5.41, 5.74) is -1.06. The Morgan fingerprint density at radius 3 is 2.15 bits per heavy atom. The highest BCUT2D eigenvalue weighted by molar-refractivity contribution is 6.00. The molecule has 1 aromatic carbocycles. The molecule has 2 heterocycles. The van der Waals surface area contributed by atoms with Crippen molar-refractivity contribution in [3.63, 3.8) is 0 Å². The Kier molecular flexibility index (Phi) is 6.63. The van der Waals surface area contributed by atoms with Crippen LogP contribution in [0.15, 0.2) is 42.7 Å². The molecule has 0 N–H and O–H groups in total. The molecule has 0 fully saturated rings. The van der Waals surface area contributed by atoms with Crippen molar-refractivity contribution in [2.24, 2.45) is 5.41 Å². The molecule has 0 aliphatic carbocycles. The van der Waals surface area contributed by atoms with Gasteiger partial charge in [-0.25, -0.2) is 14.4 Å². The lowest BCUT2D eigenvalue weighted by atomic mass is 9.96. The molecular weight excluding hydrogens is 436 g/mol. The molecule has 1 amide bonds. The van der Waals surface area contributed by atoms with Crippen molar-refractivity contribution in [2.75, 3.05) is 13.6 Å². The summed E-state index contributed by atoms with van der Waals surface area (Å²) in [7, 11) is 1.55. The predicted molar refractivity (Wildman–Crippen MR) is 117 cm³/mol. The first kappa shape index (κ1) is 24.4. The molecule has 0 aliphatic heterocycles. The minimum absolute atomic E-state index is 0.0518. The third-order valence-electron chi connectivity index (χ3n) is 5.06. The summed E-state index contributed by atoms with van der Waals surface area (Å²) in [5.74, 6) is -1.46. The van der Waals surface area contributed by atoms with Crippen molar-refractivity contribution in [3.8, 4) is 11.4 Å². The molecular formula is C24H26F4N4O. The number of rotatable bonds is 5. The van der Waals surface area contributed by atoms with Gasteiger partial charge in [-0.05, 0) is 23.5 Å². The molecule has 33 heavy (non-hydrogen) atoms. The summed E-state index contributed by atoms with van der Waals surface area (Å²) in [6.07, 6.45) is -3.00. The first-order valence-electron chi connectivity index (χ1n) is 10.4. The summed E-state index contributed by atoms with van der Waals surface area (Å²) in [5, 5.41) is 0. The van der Waals surface area contributed by atoms with Crippen LogP contribution in [0.3, 0.4) is 0 Å². The fourth-order valence-electron chi connectivity index (χ4n) is 3.94. The number of benzene rings is 1. The van der Waals surface area contributed by atoms with E-state index in [0.29, 0.717) is 12.1 Å². The van der Waals surface area contributed by atoms with Crippen molar-refractivity contribution in [1.29, 1.82) is 0 Å². The molecule has 176 valence electrons. The number of alkyl halides is 3. The second kappa shape index (κ2) is 8.96. The molecule has 3 aromatic rings. The second-order valence-corrected chi connectivity index (χ2v) is 9.21. The van der Waals surface area contributed by atoms with Gasteiger partial charge in [-0.2, -0.15) is 13.2 Å². The molecule has 0 radical (unpaired) electrons. The van der Waals surface area contributed by atoms with Crippen LogP contribution >= 0.6 is 0 Å². The highest BCUT2D eigenvalue weighted by Gasteiger charge is 2.42. The molecule has 3 rings (SSSR count). The number of nitrogens with zero attached hydrogens (tertiary/aromatic N) is 4. The number of hydrogen-bond acceptors (Lipinski definition) is 3. The number of carbonyl (C=O) groups excluding carboxylic acids is 1. The van der Waals surface area contributed by atoms with Gasteiger partial charge in [0.1, 0.15) is 11.4 Å². The van der Waals surface area contributed by atoms with E-state index in [0.717, 1.165) is 17.0 Å². The van der Waals surface area contributed by atoms with Gasteiger partial charge in [0.15, 0.2) is 11.6 Å². The summed E-state index contributed by atoms with van der Waals surface area (Å²) in [6.45, 7) is 7.20. The van der Waals surface area contributed by atoms with Crippen molar-refractivity contribution in [3.05, 3.63) is 71.1 Å². The van der Waals surface area contributed by atoms with Crippen molar-refractivity contribution >= 4 is 5.91 Å². The summed E-state index contributed by atoms with van der Waals surface area (Å²) < 4.78 is 57.3. The van der Waals surface area contributed by atoms with E-state index in [1.54, 1.807) is 37.4 Å². The zero-order valence-corrected chi connectivity index (χ0v) is 19.2. The fraction of sp³-hybridized carbons (Fsp3) is 0.375. The normalized spacial score (nSPS) is 12.2. The van der Waals surface area contributed by atoms with Gasteiger partial charge in [-0.15, -0.1) is 0 Å². The Bertz CT molecular complexity index is 1130. The molecule has 9 heteroatoms. The van der Waals surface area contributed by atoms with Crippen molar-refractivity contribution in [2.45, 2.75) is 40.4 Å². The van der Waals surface area contributed by atoms with Crippen molar-refractivity contribution in [1.82, 2.24) is 19.4 Å². The summed E-state index contributed by atoms with van der Waals surface area (Å²) in [6, 6.07) is 8.58. The highest BCUT2D eigenvalue weighted by atomic mass is 19.4. The molecule has 0 unspecified atom stereocenters. The lowest BCUT2D eigenvalue weighted by Gasteiger charge is -2.27. The van der Waals surface area contributed by atoms with Crippen LogP contribution < -0.4 is 0 Å². The fourth-order valence-corrected chi connectivity index (χ4v) is 3.94. The second-order valence-electron chi connectivity index (χ2n) is 9.21. The summed E-state index contributed by atoms with van der Waals surface area (Å²) in [4.78, 5) is 22.8. The Balaban J connectivity index is 2.32. The van der Waals surface area contributed by atoms with E-state index >= 15 is 0 Å². The first-order valence-corrected chi connectivity index (χ1v) is 10.4. The van der Waals surface area contributed by atoms with Crippen LogP contribution in [-0.2, 0) is 12.7 Å². The van der Waals surface area contributed by atoms with E-state index in [2.05, 4.69) is 9.97 Å². The van der Waals surface area contributed by atoms with Gasteiger partial charge in [-0.3, -0.25) is 4.79 Å². The maximum atomic E-state index is 14.3. The number of carbonyl (C=O) groups is 1. The van der Waals surface area contributed by atoms with Crippen LogP contribution in [-0.4, -0.2) is 38.9 Å². The van der Waals surface area contributed by atoms with Gasteiger partial charge in [0.2, 0.25) is 0 Å². The number of hydrogen-bond donors (Lipinski definition) is 0. The Morgan fingerprint density at radius 2 is 1.64 bits per heavy atom. The van der Waals surface area contributed by atoms with E-state index < -0.39 is 23.6 Å². The largest absolute Gasteiger partial charge is 0.431 e. The average molecular weight is 462 g/mol. The van der Waals surface area contributed by atoms with Gasteiger partial charge < -0.3 is 9.47 Å². The molecule has 5 nitrogen and oxygen atoms in total. The maximum Gasteiger partial charge on any atom is 0.431 e. The lowest BCUT2D eigenvalue weighted by molar-refractivity contribution is -0.143. The zero-order valence-electron chi connectivity index (χ0n) is 19.2.